The average molecular weight is 451 g/mol. The highest BCUT2D eigenvalue weighted by Gasteiger charge is 2.48. The predicted molar refractivity (Wildman–Crippen MR) is 120 cm³/mol. The second kappa shape index (κ2) is 7.95. The Morgan fingerprint density at radius 2 is 2.15 bits per heavy atom. The molecule has 0 N–H and O–H groups in total. The first kappa shape index (κ1) is 21.6. The molecule has 0 saturated heterocycles. The fraction of sp³-hybridized carbons (Fsp3) is 0.400. The minimum atomic E-state index is -0.765. The summed E-state index contributed by atoms with van der Waals surface area (Å²) in [7, 11) is 4.87. The fourth-order valence-corrected chi connectivity index (χ4v) is 5.36. The first-order valence-electron chi connectivity index (χ1n) is 10.9. The maximum absolute atomic E-state index is 15.5. The number of benzene rings is 1. The summed E-state index contributed by atoms with van der Waals surface area (Å²) >= 11 is 0. The zero-order valence-electron chi connectivity index (χ0n) is 19.0. The van der Waals surface area contributed by atoms with E-state index in [1.165, 1.54) is 13.2 Å². The van der Waals surface area contributed by atoms with Crippen LogP contribution >= 0.6 is 0 Å². The number of carbonyl (C=O) groups excluding carboxylic acids is 1. The molecule has 1 spiro atoms. The third kappa shape index (κ3) is 3.23. The summed E-state index contributed by atoms with van der Waals surface area (Å²) in [5, 5.41) is 4.36. The van der Waals surface area contributed by atoms with E-state index >= 15 is 4.39 Å². The Balaban J connectivity index is 1.52. The summed E-state index contributed by atoms with van der Waals surface area (Å²) in [5.41, 5.74) is 5.35. The minimum Gasteiger partial charge on any atom is -0.496 e. The van der Waals surface area contributed by atoms with Crippen molar-refractivity contribution in [2.45, 2.75) is 37.9 Å². The summed E-state index contributed by atoms with van der Waals surface area (Å²) in [4.78, 5) is 16.8. The molecule has 1 aromatic carbocycles. The van der Waals surface area contributed by atoms with Gasteiger partial charge in [-0.2, -0.15) is 5.10 Å². The molecule has 3 heterocycles. The third-order valence-corrected chi connectivity index (χ3v) is 6.94. The SMILES string of the molecule is C=CC(=O)Cc1cnn(C)c1C1=NCC2=C1CCC1(C2)OCc2c(OC)cc(OC)c(F)c21. The molecule has 1 aromatic heterocycles. The van der Waals surface area contributed by atoms with Gasteiger partial charge < -0.3 is 14.2 Å². The maximum Gasteiger partial charge on any atom is 0.171 e. The average Bonchev–Trinajstić information content (AvgIpc) is 3.50. The van der Waals surface area contributed by atoms with Crippen molar-refractivity contribution >= 4 is 11.5 Å². The number of ether oxygens (including phenoxy) is 3. The van der Waals surface area contributed by atoms with Gasteiger partial charge in [0.1, 0.15) is 11.4 Å². The van der Waals surface area contributed by atoms with Crippen LogP contribution < -0.4 is 9.47 Å². The van der Waals surface area contributed by atoms with Crippen LogP contribution in [-0.2, 0) is 35.2 Å². The highest BCUT2D eigenvalue weighted by atomic mass is 19.1. The van der Waals surface area contributed by atoms with E-state index in [-0.39, 0.29) is 23.8 Å². The summed E-state index contributed by atoms with van der Waals surface area (Å²) in [6.07, 6.45) is 5.13. The number of aliphatic imine (C=N–C) groups is 1. The maximum atomic E-state index is 15.5. The first-order valence-corrected chi connectivity index (χ1v) is 10.9. The van der Waals surface area contributed by atoms with Crippen LogP contribution in [0, 0.1) is 5.82 Å². The monoisotopic (exact) mass is 451 g/mol. The van der Waals surface area contributed by atoms with E-state index in [1.807, 2.05) is 7.05 Å². The largest absolute Gasteiger partial charge is 0.496 e. The second-order valence-corrected chi connectivity index (χ2v) is 8.64. The summed E-state index contributed by atoms with van der Waals surface area (Å²) < 4.78 is 34.3. The highest BCUT2D eigenvalue weighted by Crippen LogP contribution is 2.54. The van der Waals surface area contributed by atoms with Crippen molar-refractivity contribution in [3.8, 4) is 11.5 Å². The Bertz CT molecular complexity index is 1240. The van der Waals surface area contributed by atoms with E-state index in [0.717, 1.165) is 33.7 Å². The molecular formula is C25H26FN3O4. The molecular weight excluding hydrogens is 425 g/mol. The van der Waals surface area contributed by atoms with Gasteiger partial charge in [-0.15, -0.1) is 0 Å². The van der Waals surface area contributed by atoms with Crippen molar-refractivity contribution in [2.75, 3.05) is 20.8 Å². The van der Waals surface area contributed by atoms with Crippen LogP contribution in [0.1, 0.15) is 41.6 Å². The van der Waals surface area contributed by atoms with Crippen molar-refractivity contribution in [3.05, 3.63) is 64.3 Å². The molecule has 1 atom stereocenters. The molecule has 5 rings (SSSR count). The lowest BCUT2D eigenvalue weighted by molar-refractivity contribution is -0.114. The van der Waals surface area contributed by atoms with Gasteiger partial charge >= 0.3 is 0 Å². The van der Waals surface area contributed by atoms with Gasteiger partial charge in [-0.1, -0.05) is 6.58 Å². The van der Waals surface area contributed by atoms with E-state index in [1.54, 1.807) is 24.1 Å². The molecule has 0 radical (unpaired) electrons. The van der Waals surface area contributed by atoms with Gasteiger partial charge in [0.25, 0.3) is 0 Å². The number of ketones is 1. The van der Waals surface area contributed by atoms with Gasteiger partial charge in [0.15, 0.2) is 17.3 Å². The number of carbonyl (C=O) groups is 1. The summed E-state index contributed by atoms with van der Waals surface area (Å²) in [5.74, 6) is 0.291. The molecule has 0 saturated carbocycles. The Morgan fingerprint density at radius 3 is 2.88 bits per heavy atom. The number of nitrogens with zero attached hydrogens (tertiary/aromatic N) is 3. The molecule has 0 fully saturated rings. The van der Waals surface area contributed by atoms with Gasteiger partial charge in [0.2, 0.25) is 0 Å². The number of halogens is 1. The second-order valence-electron chi connectivity index (χ2n) is 8.64. The van der Waals surface area contributed by atoms with Crippen LogP contribution in [0.15, 0.2) is 41.1 Å². The van der Waals surface area contributed by atoms with E-state index < -0.39 is 5.60 Å². The van der Waals surface area contributed by atoms with Gasteiger partial charge in [0.05, 0.1) is 45.0 Å². The number of hydrogen-bond acceptors (Lipinski definition) is 6. The quantitative estimate of drug-likeness (QED) is 0.628. The Labute approximate surface area is 191 Å². The minimum absolute atomic E-state index is 0.0611. The topological polar surface area (TPSA) is 74.9 Å². The highest BCUT2D eigenvalue weighted by molar-refractivity contribution is 6.15. The number of rotatable bonds is 6. The van der Waals surface area contributed by atoms with Crippen molar-refractivity contribution in [1.29, 1.82) is 0 Å². The molecule has 33 heavy (non-hydrogen) atoms. The Hall–Kier alpha value is -3.26. The molecule has 8 heteroatoms. The Morgan fingerprint density at radius 1 is 1.36 bits per heavy atom. The molecule has 1 aliphatic carbocycles. The lowest BCUT2D eigenvalue weighted by Crippen LogP contribution is -2.31. The van der Waals surface area contributed by atoms with Gasteiger partial charge in [-0.3, -0.25) is 14.5 Å². The number of aryl methyl sites for hydroxylation is 1. The molecule has 0 amide bonds. The molecule has 2 aromatic rings. The number of hydrogen-bond donors (Lipinski definition) is 0. The normalized spacial score (nSPS) is 21.2. The van der Waals surface area contributed by atoms with E-state index in [4.69, 9.17) is 19.2 Å². The number of allylic oxidation sites excluding steroid dienone is 2. The van der Waals surface area contributed by atoms with Crippen molar-refractivity contribution in [3.63, 3.8) is 0 Å². The smallest absolute Gasteiger partial charge is 0.171 e. The van der Waals surface area contributed by atoms with Gasteiger partial charge in [-0.25, -0.2) is 4.39 Å². The van der Waals surface area contributed by atoms with E-state index in [0.29, 0.717) is 43.7 Å². The fourth-order valence-electron chi connectivity index (χ4n) is 5.36. The van der Waals surface area contributed by atoms with Crippen molar-refractivity contribution < 1.29 is 23.4 Å². The lowest BCUT2D eigenvalue weighted by Gasteiger charge is -2.35. The van der Waals surface area contributed by atoms with Crippen LogP contribution in [0.25, 0.3) is 0 Å². The molecule has 1 unspecified atom stereocenters. The molecule has 0 bridgehead atoms. The molecule has 3 aliphatic rings. The summed E-state index contributed by atoms with van der Waals surface area (Å²) in [6, 6.07) is 1.58. The van der Waals surface area contributed by atoms with Crippen LogP contribution in [0.4, 0.5) is 4.39 Å². The first-order chi connectivity index (χ1) is 15.9. The predicted octanol–water partition coefficient (Wildman–Crippen LogP) is 3.58. The molecule has 172 valence electrons. The zero-order chi connectivity index (χ0) is 23.3. The lowest BCUT2D eigenvalue weighted by atomic mass is 9.75. The number of aromatic nitrogens is 2. The van der Waals surface area contributed by atoms with Crippen molar-refractivity contribution in [2.24, 2.45) is 12.0 Å². The third-order valence-electron chi connectivity index (χ3n) is 6.94. The van der Waals surface area contributed by atoms with Crippen LogP contribution in [0.5, 0.6) is 11.5 Å². The van der Waals surface area contributed by atoms with Crippen LogP contribution in [0.3, 0.4) is 0 Å². The number of fused-ring (bicyclic) bond motifs is 2. The molecule has 7 nitrogen and oxygen atoms in total. The van der Waals surface area contributed by atoms with Crippen molar-refractivity contribution in [1.82, 2.24) is 9.78 Å². The summed E-state index contributed by atoms with van der Waals surface area (Å²) in [6.45, 7) is 4.39. The van der Waals surface area contributed by atoms with Crippen LogP contribution in [0.2, 0.25) is 0 Å². The van der Waals surface area contributed by atoms with Crippen LogP contribution in [-0.4, -0.2) is 42.0 Å². The van der Waals surface area contributed by atoms with E-state index in [9.17, 15) is 4.79 Å². The number of methoxy groups -OCH3 is 2. The Kier molecular flexibility index (Phi) is 5.20. The van der Waals surface area contributed by atoms with Gasteiger partial charge in [-0.05, 0) is 30.1 Å². The molecule has 2 aliphatic heterocycles. The standard InChI is InChI=1S/C25H26FN3O4/c1-5-16(30)8-14-12-28-29(2)24(14)23-17-6-7-25(10-15(17)11-27-23)21-18(13-33-25)19(31-3)9-20(32-4)22(21)26/h5,9,12H,1,6-8,10-11,13H2,2-4H3. The zero-order valence-corrected chi connectivity index (χ0v) is 19.0. The van der Waals surface area contributed by atoms with Gasteiger partial charge in [0, 0.05) is 42.6 Å². The van der Waals surface area contributed by atoms with E-state index in [2.05, 4.69) is 11.7 Å².